The van der Waals surface area contributed by atoms with Crippen LogP contribution in [0, 0.1) is 5.82 Å². The standard InChI is InChI=1S/C17H26BrFN2O2/c1-5-9-21(16(22)23-17(2,3)4)10-8-20-12-13-6-7-14(18)11-15(13)19/h6-7,11,20H,5,8-10,12H2,1-4H3. The minimum absolute atomic E-state index is 0.246. The molecule has 1 amide bonds. The summed E-state index contributed by atoms with van der Waals surface area (Å²) >= 11 is 3.24. The van der Waals surface area contributed by atoms with E-state index in [0.717, 1.165) is 10.9 Å². The summed E-state index contributed by atoms with van der Waals surface area (Å²) in [6.45, 7) is 9.74. The Labute approximate surface area is 146 Å². The highest BCUT2D eigenvalue weighted by Gasteiger charge is 2.21. The molecule has 1 rings (SSSR count). The van der Waals surface area contributed by atoms with Crippen molar-refractivity contribution in [2.45, 2.75) is 46.3 Å². The van der Waals surface area contributed by atoms with Crippen molar-refractivity contribution in [1.29, 1.82) is 0 Å². The SMILES string of the molecule is CCCN(CCNCc1ccc(Br)cc1F)C(=O)OC(C)(C)C. The molecule has 0 spiro atoms. The van der Waals surface area contributed by atoms with Gasteiger partial charge in [-0.1, -0.05) is 28.9 Å². The molecule has 4 nitrogen and oxygen atoms in total. The molecule has 0 saturated heterocycles. The quantitative estimate of drug-likeness (QED) is 0.706. The minimum atomic E-state index is -0.503. The molecular formula is C17H26BrFN2O2. The Morgan fingerprint density at radius 3 is 2.61 bits per heavy atom. The third kappa shape index (κ3) is 7.79. The Morgan fingerprint density at radius 1 is 1.35 bits per heavy atom. The molecule has 0 aliphatic carbocycles. The first kappa shape index (κ1) is 19.9. The highest BCUT2D eigenvalue weighted by atomic mass is 79.9. The molecule has 23 heavy (non-hydrogen) atoms. The number of carbonyl (C=O) groups is 1. The number of benzene rings is 1. The van der Waals surface area contributed by atoms with Crippen molar-refractivity contribution >= 4 is 22.0 Å². The number of rotatable bonds is 7. The number of hydrogen-bond donors (Lipinski definition) is 1. The highest BCUT2D eigenvalue weighted by Crippen LogP contribution is 2.15. The summed E-state index contributed by atoms with van der Waals surface area (Å²) in [7, 11) is 0. The van der Waals surface area contributed by atoms with Gasteiger partial charge in [0, 0.05) is 36.2 Å². The number of amides is 1. The second-order valence-electron chi connectivity index (χ2n) is 6.38. The number of carbonyl (C=O) groups excluding carboxylic acids is 1. The van der Waals surface area contributed by atoms with Crippen LogP contribution >= 0.6 is 15.9 Å². The van der Waals surface area contributed by atoms with Gasteiger partial charge in [-0.15, -0.1) is 0 Å². The molecule has 1 N–H and O–H groups in total. The molecule has 0 fully saturated rings. The Balaban J connectivity index is 2.45. The predicted molar refractivity (Wildman–Crippen MR) is 93.9 cm³/mol. The number of nitrogens with zero attached hydrogens (tertiary/aromatic N) is 1. The van der Waals surface area contributed by atoms with E-state index in [1.165, 1.54) is 6.07 Å². The fourth-order valence-electron chi connectivity index (χ4n) is 1.99. The molecule has 0 saturated carbocycles. The van der Waals surface area contributed by atoms with E-state index in [-0.39, 0.29) is 11.9 Å². The maximum absolute atomic E-state index is 13.7. The zero-order chi connectivity index (χ0) is 17.5. The molecule has 0 heterocycles. The predicted octanol–water partition coefficient (Wildman–Crippen LogP) is 4.32. The van der Waals surface area contributed by atoms with Crippen LogP contribution in [0.5, 0.6) is 0 Å². The number of ether oxygens (including phenoxy) is 1. The highest BCUT2D eigenvalue weighted by molar-refractivity contribution is 9.10. The van der Waals surface area contributed by atoms with Crippen LogP contribution in [-0.2, 0) is 11.3 Å². The van der Waals surface area contributed by atoms with Gasteiger partial charge < -0.3 is 15.0 Å². The molecule has 1 aromatic carbocycles. The Kier molecular flexibility index (Phi) is 7.99. The second kappa shape index (κ2) is 9.23. The molecule has 0 unspecified atom stereocenters. The molecule has 0 aliphatic heterocycles. The molecule has 1 aromatic rings. The van der Waals surface area contributed by atoms with Gasteiger partial charge in [0.2, 0.25) is 0 Å². The van der Waals surface area contributed by atoms with Gasteiger partial charge in [-0.2, -0.15) is 0 Å². The van der Waals surface area contributed by atoms with Gasteiger partial charge in [-0.3, -0.25) is 0 Å². The van der Waals surface area contributed by atoms with E-state index in [0.29, 0.717) is 31.7 Å². The molecule has 0 radical (unpaired) electrons. The van der Waals surface area contributed by atoms with Gasteiger partial charge in [0.1, 0.15) is 11.4 Å². The third-order valence-corrected chi connectivity index (χ3v) is 3.53. The molecule has 0 aliphatic rings. The summed E-state index contributed by atoms with van der Waals surface area (Å²) in [4.78, 5) is 13.8. The molecule has 0 bridgehead atoms. The number of halogens is 2. The van der Waals surface area contributed by atoms with Crippen molar-refractivity contribution in [3.05, 3.63) is 34.1 Å². The van der Waals surface area contributed by atoms with E-state index in [9.17, 15) is 9.18 Å². The first-order valence-electron chi connectivity index (χ1n) is 7.85. The maximum atomic E-state index is 13.7. The van der Waals surface area contributed by atoms with E-state index in [4.69, 9.17) is 4.74 Å². The van der Waals surface area contributed by atoms with Crippen LogP contribution in [0.15, 0.2) is 22.7 Å². The minimum Gasteiger partial charge on any atom is -0.444 e. The van der Waals surface area contributed by atoms with E-state index < -0.39 is 5.60 Å². The average Bonchev–Trinajstić information content (AvgIpc) is 2.42. The lowest BCUT2D eigenvalue weighted by Gasteiger charge is -2.27. The number of nitrogens with one attached hydrogen (secondary N) is 1. The van der Waals surface area contributed by atoms with Crippen LogP contribution in [-0.4, -0.2) is 36.2 Å². The van der Waals surface area contributed by atoms with Crippen LogP contribution in [0.2, 0.25) is 0 Å². The molecular weight excluding hydrogens is 363 g/mol. The largest absolute Gasteiger partial charge is 0.444 e. The second-order valence-corrected chi connectivity index (χ2v) is 7.30. The van der Waals surface area contributed by atoms with E-state index in [1.54, 1.807) is 11.0 Å². The number of hydrogen-bond acceptors (Lipinski definition) is 3. The van der Waals surface area contributed by atoms with Crippen molar-refractivity contribution in [3.8, 4) is 0 Å². The lowest BCUT2D eigenvalue weighted by Crippen LogP contribution is -2.40. The van der Waals surface area contributed by atoms with Gasteiger partial charge in [-0.05, 0) is 39.3 Å². The summed E-state index contributed by atoms with van der Waals surface area (Å²) in [5.74, 6) is -0.246. The zero-order valence-corrected chi connectivity index (χ0v) is 15.9. The molecule has 0 atom stereocenters. The monoisotopic (exact) mass is 388 g/mol. The average molecular weight is 389 g/mol. The summed E-state index contributed by atoms with van der Waals surface area (Å²) in [5.41, 5.74) is 0.101. The van der Waals surface area contributed by atoms with Crippen LogP contribution < -0.4 is 5.32 Å². The summed E-state index contributed by atoms with van der Waals surface area (Å²) in [6, 6.07) is 5.00. The van der Waals surface area contributed by atoms with Gasteiger partial charge in [0.05, 0.1) is 0 Å². The van der Waals surface area contributed by atoms with Crippen molar-refractivity contribution in [3.63, 3.8) is 0 Å². The van der Waals surface area contributed by atoms with E-state index >= 15 is 0 Å². The molecule has 0 aromatic heterocycles. The summed E-state index contributed by atoms with van der Waals surface area (Å²) < 4.78 is 19.8. The van der Waals surface area contributed by atoms with Crippen molar-refractivity contribution in [1.82, 2.24) is 10.2 Å². The summed E-state index contributed by atoms with van der Waals surface area (Å²) in [6.07, 6.45) is 0.552. The smallest absolute Gasteiger partial charge is 0.410 e. The maximum Gasteiger partial charge on any atom is 0.410 e. The van der Waals surface area contributed by atoms with Crippen LogP contribution in [0.25, 0.3) is 0 Å². The summed E-state index contributed by atoms with van der Waals surface area (Å²) in [5, 5.41) is 3.16. The normalized spacial score (nSPS) is 11.4. The fourth-order valence-corrected chi connectivity index (χ4v) is 2.33. The first-order chi connectivity index (χ1) is 10.7. The fraction of sp³-hybridized carbons (Fsp3) is 0.588. The molecule has 130 valence electrons. The Bertz CT molecular complexity index is 518. The van der Waals surface area contributed by atoms with Crippen molar-refractivity contribution < 1.29 is 13.9 Å². The lowest BCUT2D eigenvalue weighted by atomic mass is 10.2. The van der Waals surface area contributed by atoms with Crippen molar-refractivity contribution in [2.75, 3.05) is 19.6 Å². The van der Waals surface area contributed by atoms with Gasteiger partial charge >= 0.3 is 6.09 Å². The van der Waals surface area contributed by atoms with E-state index in [2.05, 4.69) is 21.2 Å². The zero-order valence-electron chi connectivity index (χ0n) is 14.3. The lowest BCUT2D eigenvalue weighted by molar-refractivity contribution is 0.0252. The topological polar surface area (TPSA) is 41.6 Å². The van der Waals surface area contributed by atoms with Gasteiger partial charge in [0.15, 0.2) is 0 Å². The van der Waals surface area contributed by atoms with Crippen molar-refractivity contribution in [2.24, 2.45) is 0 Å². The van der Waals surface area contributed by atoms with Gasteiger partial charge in [0.25, 0.3) is 0 Å². The molecule has 6 heteroatoms. The van der Waals surface area contributed by atoms with Crippen LogP contribution in [0.1, 0.15) is 39.7 Å². The Morgan fingerprint density at radius 2 is 2.04 bits per heavy atom. The third-order valence-electron chi connectivity index (χ3n) is 3.03. The Hall–Kier alpha value is -1.14. The van der Waals surface area contributed by atoms with Crippen LogP contribution in [0.3, 0.4) is 0 Å². The first-order valence-corrected chi connectivity index (χ1v) is 8.65. The van der Waals surface area contributed by atoms with E-state index in [1.807, 2.05) is 33.8 Å². The van der Waals surface area contributed by atoms with Crippen LogP contribution in [0.4, 0.5) is 9.18 Å². The van der Waals surface area contributed by atoms with Gasteiger partial charge in [-0.25, -0.2) is 9.18 Å².